The molecule has 1 aromatic rings. The molecule has 0 bridgehead atoms. The van der Waals surface area contributed by atoms with Crippen molar-refractivity contribution in [2.45, 2.75) is 31.3 Å². The molecule has 2 aliphatic heterocycles. The first-order valence-corrected chi connectivity index (χ1v) is 7.42. The second-order valence-corrected chi connectivity index (χ2v) is 5.63. The molecule has 0 aromatic heterocycles. The van der Waals surface area contributed by atoms with Gasteiger partial charge in [0.15, 0.2) is 12.2 Å². The van der Waals surface area contributed by atoms with Crippen molar-refractivity contribution >= 4 is 11.9 Å². The molecule has 2 aliphatic rings. The van der Waals surface area contributed by atoms with Crippen molar-refractivity contribution < 1.29 is 28.5 Å². The summed E-state index contributed by atoms with van der Waals surface area (Å²) < 4.78 is 22.0. The van der Waals surface area contributed by atoms with Crippen molar-refractivity contribution in [1.29, 1.82) is 0 Å². The molecule has 122 valence electrons. The fraction of sp³-hybridized carbons (Fsp3) is 0.412. The lowest BCUT2D eigenvalue weighted by atomic mass is 10.1. The lowest BCUT2D eigenvalue weighted by Gasteiger charge is -2.17. The maximum Gasteiger partial charge on any atom is 0.338 e. The summed E-state index contributed by atoms with van der Waals surface area (Å²) in [6.07, 6.45) is -1.87. The predicted octanol–water partition coefficient (Wildman–Crippen LogP) is 1.50. The normalized spacial score (nSPS) is 28.9. The highest BCUT2D eigenvalue weighted by atomic mass is 16.7. The Morgan fingerprint density at radius 1 is 1.04 bits per heavy atom. The number of benzene rings is 1. The molecule has 0 spiro atoms. The van der Waals surface area contributed by atoms with Crippen molar-refractivity contribution in [3.8, 4) is 0 Å². The highest BCUT2D eigenvalue weighted by Gasteiger charge is 2.51. The van der Waals surface area contributed by atoms with Gasteiger partial charge < -0.3 is 18.9 Å². The van der Waals surface area contributed by atoms with Crippen LogP contribution in [-0.4, -0.2) is 49.6 Å². The summed E-state index contributed by atoms with van der Waals surface area (Å²) in [4.78, 5) is 23.7. The summed E-state index contributed by atoms with van der Waals surface area (Å²) in [7, 11) is 0. The third-order valence-electron chi connectivity index (χ3n) is 3.84. The summed E-state index contributed by atoms with van der Waals surface area (Å²) in [5.74, 6) is -0.904. The van der Waals surface area contributed by atoms with Crippen molar-refractivity contribution in [1.82, 2.24) is 0 Å². The maximum absolute atomic E-state index is 12.1. The van der Waals surface area contributed by atoms with Crippen molar-refractivity contribution in [2.75, 3.05) is 13.2 Å². The Kier molecular flexibility index (Phi) is 4.45. The zero-order valence-corrected chi connectivity index (χ0v) is 12.8. The highest BCUT2D eigenvalue weighted by molar-refractivity contribution is 5.89. The molecule has 6 nitrogen and oxygen atoms in total. The molecule has 4 atom stereocenters. The Morgan fingerprint density at radius 2 is 1.61 bits per heavy atom. The van der Waals surface area contributed by atoms with E-state index in [1.165, 1.54) is 0 Å². The first-order chi connectivity index (χ1) is 11.1. The van der Waals surface area contributed by atoms with E-state index in [4.69, 9.17) is 18.9 Å². The van der Waals surface area contributed by atoms with Gasteiger partial charge in [0.2, 0.25) is 0 Å². The van der Waals surface area contributed by atoms with Gasteiger partial charge >= 0.3 is 11.9 Å². The van der Waals surface area contributed by atoms with Gasteiger partial charge in [0.1, 0.15) is 12.2 Å². The van der Waals surface area contributed by atoms with Crippen LogP contribution < -0.4 is 0 Å². The number of ether oxygens (including phenoxy) is 4. The molecule has 0 aliphatic carbocycles. The summed E-state index contributed by atoms with van der Waals surface area (Å²) in [5, 5.41) is 0. The molecule has 2 saturated heterocycles. The molecule has 23 heavy (non-hydrogen) atoms. The predicted molar refractivity (Wildman–Crippen MR) is 79.8 cm³/mol. The van der Waals surface area contributed by atoms with Gasteiger partial charge in [-0.25, -0.2) is 9.59 Å². The summed E-state index contributed by atoms with van der Waals surface area (Å²) in [6, 6.07) is 8.73. The van der Waals surface area contributed by atoms with Gasteiger partial charge in [0.05, 0.1) is 18.8 Å². The van der Waals surface area contributed by atoms with Gasteiger partial charge in [-0.3, -0.25) is 0 Å². The van der Waals surface area contributed by atoms with E-state index < -0.39 is 36.4 Å². The number of fused-ring (bicyclic) bond motifs is 1. The van der Waals surface area contributed by atoms with Gasteiger partial charge in [-0.2, -0.15) is 0 Å². The molecule has 2 heterocycles. The molecule has 0 radical (unpaired) electrons. The second kappa shape index (κ2) is 6.52. The van der Waals surface area contributed by atoms with E-state index in [0.717, 1.165) is 0 Å². The zero-order valence-electron chi connectivity index (χ0n) is 12.8. The highest BCUT2D eigenvalue weighted by Crippen LogP contribution is 2.31. The minimum atomic E-state index is -0.513. The number of rotatable bonds is 4. The standard InChI is InChI=1S/C17H18O6/c1-10(2)16(18)22-12-8-20-15-13(9-21-14(12)15)23-17(19)11-6-4-3-5-7-11/h3-7,12-15H,1,8-9H2,2H3/t12-,13+,14-,15-/m1/s1. The molecule has 0 saturated carbocycles. The van der Waals surface area contributed by atoms with Crippen LogP contribution in [0.15, 0.2) is 42.5 Å². The van der Waals surface area contributed by atoms with Crippen LogP contribution in [0.1, 0.15) is 17.3 Å². The van der Waals surface area contributed by atoms with E-state index in [9.17, 15) is 9.59 Å². The Labute approximate surface area is 134 Å². The molecular formula is C17H18O6. The van der Waals surface area contributed by atoms with E-state index in [1.54, 1.807) is 31.2 Å². The van der Waals surface area contributed by atoms with Crippen LogP contribution in [0.3, 0.4) is 0 Å². The van der Waals surface area contributed by atoms with Crippen LogP contribution >= 0.6 is 0 Å². The summed E-state index contributed by atoms with van der Waals surface area (Å²) in [6.45, 7) is 5.56. The van der Waals surface area contributed by atoms with Gasteiger partial charge in [0.25, 0.3) is 0 Å². The van der Waals surface area contributed by atoms with Crippen molar-refractivity contribution in [3.63, 3.8) is 0 Å². The average molecular weight is 318 g/mol. The molecular weight excluding hydrogens is 300 g/mol. The number of hydrogen-bond acceptors (Lipinski definition) is 6. The van der Waals surface area contributed by atoms with Crippen LogP contribution in [0.25, 0.3) is 0 Å². The number of hydrogen-bond donors (Lipinski definition) is 0. The number of carbonyl (C=O) groups is 2. The van der Waals surface area contributed by atoms with E-state index in [0.29, 0.717) is 11.1 Å². The minimum Gasteiger partial charge on any atom is -0.454 e. The zero-order chi connectivity index (χ0) is 16.4. The SMILES string of the molecule is C=C(C)C(=O)O[C@@H]1CO[C@H]2[C@@H]1OC[C@@H]2OC(=O)c1ccccc1. The third-order valence-corrected chi connectivity index (χ3v) is 3.84. The Hall–Kier alpha value is -2.18. The summed E-state index contributed by atoms with van der Waals surface area (Å²) >= 11 is 0. The van der Waals surface area contributed by atoms with Crippen LogP contribution in [0.2, 0.25) is 0 Å². The first kappa shape index (κ1) is 15.7. The Balaban J connectivity index is 1.60. The fourth-order valence-electron chi connectivity index (χ4n) is 2.65. The monoisotopic (exact) mass is 318 g/mol. The molecule has 1 aromatic carbocycles. The average Bonchev–Trinajstić information content (AvgIpc) is 3.12. The lowest BCUT2D eigenvalue weighted by Crippen LogP contribution is -2.36. The smallest absolute Gasteiger partial charge is 0.338 e. The molecule has 0 unspecified atom stereocenters. The van der Waals surface area contributed by atoms with Gasteiger partial charge in [0, 0.05) is 5.57 Å². The quantitative estimate of drug-likeness (QED) is 0.619. The fourth-order valence-corrected chi connectivity index (χ4v) is 2.65. The topological polar surface area (TPSA) is 71.1 Å². The largest absolute Gasteiger partial charge is 0.454 e. The van der Waals surface area contributed by atoms with E-state index in [2.05, 4.69) is 6.58 Å². The van der Waals surface area contributed by atoms with Gasteiger partial charge in [-0.15, -0.1) is 0 Å². The van der Waals surface area contributed by atoms with Crippen LogP contribution in [-0.2, 0) is 23.7 Å². The van der Waals surface area contributed by atoms with Gasteiger partial charge in [-0.05, 0) is 19.1 Å². The van der Waals surface area contributed by atoms with Crippen LogP contribution in [0, 0.1) is 0 Å². The molecule has 6 heteroatoms. The lowest BCUT2D eigenvalue weighted by molar-refractivity contribution is -0.148. The van der Waals surface area contributed by atoms with E-state index in [1.807, 2.05) is 6.07 Å². The first-order valence-electron chi connectivity index (χ1n) is 7.42. The van der Waals surface area contributed by atoms with E-state index >= 15 is 0 Å². The Bertz CT molecular complexity index is 611. The van der Waals surface area contributed by atoms with Gasteiger partial charge in [-0.1, -0.05) is 24.8 Å². The Morgan fingerprint density at radius 3 is 2.17 bits per heavy atom. The van der Waals surface area contributed by atoms with E-state index in [-0.39, 0.29) is 13.2 Å². The van der Waals surface area contributed by atoms with Crippen LogP contribution in [0.4, 0.5) is 0 Å². The number of esters is 2. The molecule has 3 rings (SSSR count). The van der Waals surface area contributed by atoms with Crippen molar-refractivity contribution in [2.24, 2.45) is 0 Å². The molecule has 0 N–H and O–H groups in total. The molecule has 0 amide bonds. The minimum absolute atomic E-state index is 0.216. The summed E-state index contributed by atoms with van der Waals surface area (Å²) in [5.41, 5.74) is 0.790. The van der Waals surface area contributed by atoms with Crippen LogP contribution in [0.5, 0.6) is 0 Å². The van der Waals surface area contributed by atoms with Crippen molar-refractivity contribution in [3.05, 3.63) is 48.0 Å². The maximum atomic E-state index is 12.1. The second-order valence-electron chi connectivity index (χ2n) is 5.63. The number of carbonyl (C=O) groups excluding carboxylic acids is 2. The third kappa shape index (κ3) is 3.28. The molecule has 2 fully saturated rings.